The molecule has 0 aromatic heterocycles. The van der Waals surface area contributed by atoms with Gasteiger partial charge >= 0.3 is 0 Å². The number of hydrogen-bond donors (Lipinski definition) is 2. The van der Waals surface area contributed by atoms with Crippen LogP contribution in [0, 0.1) is 20.8 Å². The number of amides is 2. The maximum Gasteiger partial charge on any atom is 0.279 e. The molecule has 0 aliphatic heterocycles. The number of carbonyl (C=O) groups is 2. The van der Waals surface area contributed by atoms with Crippen LogP contribution in [0.5, 0.6) is 17.2 Å². The normalized spacial score (nSPS) is 11.3. The zero-order chi connectivity index (χ0) is 21.4. The molecule has 0 aliphatic rings. The van der Waals surface area contributed by atoms with Gasteiger partial charge in [-0.1, -0.05) is 17.7 Å². The van der Waals surface area contributed by atoms with Gasteiger partial charge in [-0.3, -0.25) is 20.4 Å². The van der Waals surface area contributed by atoms with E-state index < -0.39 is 17.9 Å². The first-order valence-electron chi connectivity index (χ1n) is 9.49. The molecule has 156 valence electrons. The SMILES string of the molecule is CCOc1ccc(O[C@H](C)C(=O)NNC(=O)COc2c(C)cc(C)cc2C)cc1. The number of hydrogen-bond acceptors (Lipinski definition) is 5. The molecule has 0 bridgehead atoms. The molecule has 2 rings (SSSR count). The number of benzene rings is 2. The Labute approximate surface area is 171 Å². The number of aryl methyl sites for hydroxylation is 3. The monoisotopic (exact) mass is 400 g/mol. The highest BCUT2D eigenvalue weighted by atomic mass is 16.5. The van der Waals surface area contributed by atoms with Gasteiger partial charge in [-0.25, -0.2) is 0 Å². The number of hydrazine groups is 1. The van der Waals surface area contributed by atoms with Gasteiger partial charge in [-0.2, -0.15) is 0 Å². The van der Waals surface area contributed by atoms with Crippen LogP contribution in [0.25, 0.3) is 0 Å². The van der Waals surface area contributed by atoms with Gasteiger partial charge in [0.05, 0.1) is 6.61 Å². The smallest absolute Gasteiger partial charge is 0.279 e. The van der Waals surface area contributed by atoms with Crippen molar-refractivity contribution in [2.24, 2.45) is 0 Å². The largest absolute Gasteiger partial charge is 0.494 e. The molecule has 7 heteroatoms. The van der Waals surface area contributed by atoms with Gasteiger partial charge in [0.1, 0.15) is 17.2 Å². The predicted octanol–water partition coefficient (Wildman–Crippen LogP) is 3.00. The fourth-order valence-corrected chi connectivity index (χ4v) is 2.84. The first kappa shape index (κ1) is 22.1. The third kappa shape index (κ3) is 6.71. The molecule has 0 fully saturated rings. The quantitative estimate of drug-likeness (QED) is 0.666. The number of rotatable bonds is 8. The second-order valence-electron chi connectivity index (χ2n) is 6.72. The van der Waals surface area contributed by atoms with E-state index in [4.69, 9.17) is 14.2 Å². The molecule has 0 unspecified atom stereocenters. The molecule has 2 aromatic rings. The minimum Gasteiger partial charge on any atom is -0.494 e. The van der Waals surface area contributed by atoms with Gasteiger partial charge in [0.25, 0.3) is 11.8 Å². The van der Waals surface area contributed by atoms with Crippen molar-refractivity contribution in [3.8, 4) is 17.2 Å². The van der Waals surface area contributed by atoms with Gasteiger partial charge in [-0.15, -0.1) is 0 Å². The Morgan fingerprint density at radius 3 is 2.10 bits per heavy atom. The lowest BCUT2D eigenvalue weighted by atomic mass is 10.1. The minimum atomic E-state index is -0.796. The van der Waals surface area contributed by atoms with E-state index in [1.54, 1.807) is 31.2 Å². The second-order valence-corrected chi connectivity index (χ2v) is 6.72. The third-order valence-electron chi connectivity index (χ3n) is 4.09. The lowest BCUT2D eigenvalue weighted by molar-refractivity contribution is -0.133. The summed E-state index contributed by atoms with van der Waals surface area (Å²) in [5, 5.41) is 0. The summed E-state index contributed by atoms with van der Waals surface area (Å²) in [5.41, 5.74) is 7.71. The molecular weight excluding hydrogens is 372 g/mol. The van der Waals surface area contributed by atoms with Crippen molar-refractivity contribution in [2.45, 2.75) is 40.7 Å². The Morgan fingerprint density at radius 2 is 1.52 bits per heavy atom. The Kier molecular flexibility index (Phi) is 7.88. The summed E-state index contributed by atoms with van der Waals surface area (Å²) in [7, 11) is 0. The number of ether oxygens (including phenoxy) is 3. The molecule has 0 aliphatic carbocycles. The first-order valence-corrected chi connectivity index (χ1v) is 9.49. The lowest BCUT2D eigenvalue weighted by Crippen LogP contribution is -2.48. The van der Waals surface area contributed by atoms with E-state index in [0.717, 1.165) is 22.4 Å². The molecule has 0 radical (unpaired) electrons. The zero-order valence-electron chi connectivity index (χ0n) is 17.5. The molecule has 1 atom stereocenters. The first-order chi connectivity index (χ1) is 13.8. The van der Waals surface area contributed by atoms with Gasteiger partial charge in [0.2, 0.25) is 0 Å². The van der Waals surface area contributed by atoms with E-state index in [-0.39, 0.29) is 6.61 Å². The van der Waals surface area contributed by atoms with Crippen molar-refractivity contribution in [2.75, 3.05) is 13.2 Å². The summed E-state index contributed by atoms with van der Waals surface area (Å²) < 4.78 is 16.5. The average Bonchev–Trinajstić information content (AvgIpc) is 2.67. The van der Waals surface area contributed by atoms with E-state index in [9.17, 15) is 9.59 Å². The van der Waals surface area contributed by atoms with Crippen LogP contribution in [0.3, 0.4) is 0 Å². The highest BCUT2D eigenvalue weighted by Crippen LogP contribution is 2.24. The van der Waals surface area contributed by atoms with E-state index >= 15 is 0 Å². The van der Waals surface area contributed by atoms with Gasteiger partial charge in [0.15, 0.2) is 12.7 Å². The maximum atomic E-state index is 12.1. The summed E-state index contributed by atoms with van der Waals surface area (Å²) in [4.78, 5) is 24.1. The number of nitrogens with one attached hydrogen (secondary N) is 2. The van der Waals surface area contributed by atoms with Crippen molar-refractivity contribution < 1.29 is 23.8 Å². The fourth-order valence-electron chi connectivity index (χ4n) is 2.84. The highest BCUT2D eigenvalue weighted by molar-refractivity contribution is 5.85. The Balaban J connectivity index is 1.78. The molecule has 0 heterocycles. The van der Waals surface area contributed by atoms with Crippen LogP contribution in [0.2, 0.25) is 0 Å². The average molecular weight is 400 g/mol. The molecule has 0 saturated carbocycles. The maximum absolute atomic E-state index is 12.1. The molecule has 0 spiro atoms. The van der Waals surface area contributed by atoms with Crippen molar-refractivity contribution >= 4 is 11.8 Å². The van der Waals surface area contributed by atoms with E-state index in [2.05, 4.69) is 10.9 Å². The van der Waals surface area contributed by atoms with Crippen LogP contribution >= 0.6 is 0 Å². The molecule has 0 saturated heterocycles. The minimum absolute atomic E-state index is 0.209. The van der Waals surface area contributed by atoms with Crippen LogP contribution in [0.15, 0.2) is 36.4 Å². The fraction of sp³-hybridized carbons (Fsp3) is 0.364. The highest BCUT2D eigenvalue weighted by Gasteiger charge is 2.16. The second kappa shape index (κ2) is 10.4. The van der Waals surface area contributed by atoms with Crippen molar-refractivity contribution in [1.82, 2.24) is 10.9 Å². The summed E-state index contributed by atoms with van der Waals surface area (Å²) in [6, 6.07) is 10.9. The van der Waals surface area contributed by atoms with Crippen LogP contribution in [0.1, 0.15) is 30.5 Å². The van der Waals surface area contributed by atoms with Crippen LogP contribution in [-0.4, -0.2) is 31.1 Å². The van der Waals surface area contributed by atoms with E-state index in [1.165, 1.54) is 0 Å². The van der Waals surface area contributed by atoms with Gasteiger partial charge < -0.3 is 14.2 Å². The van der Waals surface area contributed by atoms with Gasteiger partial charge in [0, 0.05) is 0 Å². The van der Waals surface area contributed by atoms with Crippen LogP contribution in [-0.2, 0) is 9.59 Å². The predicted molar refractivity (Wildman–Crippen MR) is 110 cm³/mol. The summed E-state index contributed by atoms with van der Waals surface area (Å²) in [5.74, 6) is 0.976. The molecule has 29 heavy (non-hydrogen) atoms. The molecular formula is C22H28N2O5. The van der Waals surface area contributed by atoms with E-state index in [0.29, 0.717) is 18.1 Å². The van der Waals surface area contributed by atoms with Crippen molar-refractivity contribution in [3.05, 3.63) is 53.1 Å². The van der Waals surface area contributed by atoms with Crippen LogP contribution < -0.4 is 25.1 Å². The summed E-state index contributed by atoms with van der Waals surface area (Å²) in [6.07, 6.45) is -0.796. The Bertz CT molecular complexity index is 826. The lowest BCUT2D eigenvalue weighted by Gasteiger charge is -2.16. The Morgan fingerprint density at radius 1 is 0.931 bits per heavy atom. The van der Waals surface area contributed by atoms with Gasteiger partial charge in [-0.05, 0) is 70.0 Å². The molecule has 2 amide bonds. The van der Waals surface area contributed by atoms with Crippen molar-refractivity contribution in [1.29, 1.82) is 0 Å². The van der Waals surface area contributed by atoms with Crippen LogP contribution in [0.4, 0.5) is 0 Å². The standard InChI is InChI=1S/C22H28N2O5/c1-6-27-18-7-9-19(10-8-18)29-17(5)22(26)24-23-20(25)13-28-21-15(3)11-14(2)12-16(21)4/h7-12,17H,6,13H2,1-5H3,(H,23,25)(H,24,26)/t17-/m1/s1. The molecule has 2 N–H and O–H groups in total. The Hall–Kier alpha value is -3.22. The summed E-state index contributed by atoms with van der Waals surface area (Å²) in [6.45, 7) is 9.71. The van der Waals surface area contributed by atoms with Crippen molar-refractivity contribution in [3.63, 3.8) is 0 Å². The van der Waals surface area contributed by atoms with E-state index in [1.807, 2.05) is 39.8 Å². The zero-order valence-corrected chi connectivity index (χ0v) is 17.5. The number of carbonyl (C=O) groups excluding carboxylic acids is 2. The molecule has 2 aromatic carbocycles. The topological polar surface area (TPSA) is 85.9 Å². The summed E-state index contributed by atoms with van der Waals surface area (Å²) >= 11 is 0. The third-order valence-corrected chi connectivity index (χ3v) is 4.09. The molecule has 7 nitrogen and oxygen atoms in total.